The first-order valence-corrected chi connectivity index (χ1v) is 5.99. The van der Waals surface area contributed by atoms with Crippen LogP contribution in [-0.4, -0.2) is 18.4 Å². The van der Waals surface area contributed by atoms with Crippen molar-refractivity contribution in [1.82, 2.24) is 0 Å². The van der Waals surface area contributed by atoms with Crippen LogP contribution in [0.25, 0.3) is 11.1 Å². The first-order chi connectivity index (χ1) is 10.3. The van der Waals surface area contributed by atoms with Crippen LogP contribution in [0.1, 0.15) is 0 Å². The Morgan fingerprint density at radius 2 is 1.73 bits per heavy atom. The van der Waals surface area contributed by atoms with E-state index in [1.54, 1.807) is 0 Å². The van der Waals surface area contributed by atoms with Crippen molar-refractivity contribution in [2.45, 2.75) is 6.36 Å². The standard InChI is InChI=1S/C14H10F3NO4/c1-21-13-8-10(18(19)20)4-7-12(13)9-2-5-11(6-3-9)22-14(15,16)17/h2-8H,1H3. The summed E-state index contributed by atoms with van der Waals surface area (Å²) in [4.78, 5) is 10.2. The molecule has 0 aromatic heterocycles. The number of alkyl halides is 3. The number of nitro benzene ring substituents is 1. The highest BCUT2D eigenvalue weighted by Gasteiger charge is 2.31. The zero-order valence-electron chi connectivity index (χ0n) is 11.3. The summed E-state index contributed by atoms with van der Waals surface area (Å²) in [6, 6.07) is 9.13. The van der Waals surface area contributed by atoms with E-state index in [4.69, 9.17) is 4.74 Å². The number of hydrogen-bond donors (Lipinski definition) is 0. The molecule has 8 heteroatoms. The maximum atomic E-state index is 12.1. The highest BCUT2D eigenvalue weighted by Crippen LogP contribution is 2.34. The van der Waals surface area contributed by atoms with E-state index in [2.05, 4.69) is 4.74 Å². The van der Waals surface area contributed by atoms with E-state index in [0.717, 1.165) is 12.1 Å². The molecule has 5 nitrogen and oxygen atoms in total. The number of hydrogen-bond acceptors (Lipinski definition) is 4. The van der Waals surface area contributed by atoms with Gasteiger partial charge in [-0.05, 0) is 23.8 Å². The molecule has 22 heavy (non-hydrogen) atoms. The Bertz CT molecular complexity index is 683. The number of benzene rings is 2. The molecule has 2 aromatic rings. The van der Waals surface area contributed by atoms with Crippen LogP contribution in [-0.2, 0) is 0 Å². The van der Waals surface area contributed by atoms with Crippen LogP contribution in [0.3, 0.4) is 0 Å². The van der Waals surface area contributed by atoms with Crippen molar-refractivity contribution in [2.75, 3.05) is 7.11 Å². The molecule has 0 aliphatic carbocycles. The fraction of sp³-hybridized carbons (Fsp3) is 0.143. The lowest BCUT2D eigenvalue weighted by molar-refractivity contribution is -0.384. The molecule has 0 bridgehead atoms. The quantitative estimate of drug-likeness (QED) is 0.628. The summed E-state index contributed by atoms with van der Waals surface area (Å²) < 4.78 is 45.2. The Hall–Kier alpha value is -2.77. The van der Waals surface area contributed by atoms with Crippen LogP contribution in [0.2, 0.25) is 0 Å². The third-order valence-corrected chi connectivity index (χ3v) is 2.79. The van der Waals surface area contributed by atoms with Crippen LogP contribution < -0.4 is 9.47 Å². The molecule has 0 unspecified atom stereocenters. The van der Waals surface area contributed by atoms with Gasteiger partial charge < -0.3 is 9.47 Å². The maximum absolute atomic E-state index is 12.1. The van der Waals surface area contributed by atoms with Gasteiger partial charge in [-0.2, -0.15) is 0 Å². The van der Waals surface area contributed by atoms with Gasteiger partial charge in [0, 0.05) is 11.6 Å². The lowest BCUT2D eigenvalue weighted by atomic mass is 10.0. The zero-order valence-corrected chi connectivity index (χ0v) is 11.3. The number of nitro groups is 1. The maximum Gasteiger partial charge on any atom is 0.573 e. The lowest BCUT2D eigenvalue weighted by Gasteiger charge is -2.11. The first kappa shape index (κ1) is 15.6. The number of methoxy groups -OCH3 is 1. The van der Waals surface area contributed by atoms with Crippen molar-refractivity contribution in [3.8, 4) is 22.6 Å². The van der Waals surface area contributed by atoms with Gasteiger partial charge in [0.25, 0.3) is 5.69 Å². The van der Waals surface area contributed by atoms with Crippen molar-refractivity contribution in [3.63, 3.8) is 0 Å². The Kier molecular flexibility index (Phi) is 4.20. The fourth-order valence-electron chi connectivity index (χ4n) is 1.87. The van der Waals surface area contributed by atoms with Crippen LogP contribution in [0.15, 0.2) is 42.5 Å². The largest absolute Gasteiger partial charge is 0.573 e. The predicted octanol–water partition coefficient (Wildman–Crippen LogP) is 4.17. The summed E-state index contributed by atoms with van der Waals surface area (Å²) in [5.41, 5.74) is 0.922. The Balaban J connectivity index is 2.34. The molecule has 0 aliphatic heterocycles. The summed E-state index contributed by atoms with van der Waals surface area (Å²) in [6.45, 7) is 0. The second-order valence-electron chi connectivity index (χ2n) is 4.21. The van der Waals surface area contributed by atoms with Crippen LogP contribution in [0.5, 0.6) is 11.5 Å². The van der Waals surface area contributed by atoms with E-state index in [-0.39, 0.29) is 17.2 Å². The molecule has 116 valence electrons. The van der Waals surface area contributed by atoms with E-state index < -0.39 is 11.3 Å². The fourth-order valence-corrected chi connectivity index (χ4v) is 1.87. The zero-order chi connectivity index (χ0) is 16.3. The van der Waals surface area contributed by atoms with Gasteiger partial charge in [-0.1, -0.05) is 12.1 Å². The molecule has 0 aliphatic rings. The van der Waals surface area contributed by atoms with E-state index in [9.17, 15) is 23.3 Å². The highest BCUT2D eigenvalue weighted by molar-refractivity contribution is 5.72. The molecule has 0 amide bonds. The van der Waals surface area contributed by atoms with Gasteiger partial charge in [-0.25, -0.2) is 0 Å². The normalized spacial score (nSPS) is 11.1. The number of non-ortho nitro benzene ring substituents is 1. The topological polar surface area (TPSA) is 61.6 Å². The van der Waals surface area contributed by atoms with Crippen molar-refractivity contribution in [1.29, 1.82) is 0 Å². The Morgan fingerprint density at radius 3 is 2.23 bits per heavy atom. The summed E-state index contributed by atoms with van der Waals surface area (Å²) in [5.74, 6) is -0.101. The van der Waals surface area contributed by atoms with E-state index >= 15 is 0 Å². The molecule has 0 fully saturated rings. The van der Waals surface area contributed by atoms with Gasteiger partial charge in [0.2, 0.25) is 0 Å². The lowest BCUT2D eigenvalue weighted by Crippen LogP contribution is -2.16. The molecule has 2 aromatic carbocycles. The molecular weight excluding hydrogens is 303 g/mol. The predicted molar refractivity (Wildman–Crippen MR) is 71.8 cm³/mol. The summed E-state index contributed by atoms with van der Waals surface area (Å²) >= 11 is 0. The van der Waals surface area contributed by atoms with Crippen LogP contribution in [0, 0.1) is 10.1 Å². The van der Waals surface area contributed by atoms with Gasteiger partial charge in [0.05, 0.1) is 18.1 Å². The molecule has 0 saturated heterocycles. The molecule has 2 rings (SSSR count). The van der Waals surface area contributed by atoms with Gasteiger partial charge in [-0.15, -0.1) is 13.2 Å². The Morgan fingerprint density at radius 1 is 1.09 bits per heavy atom. The monoisotopic (exact) mass is 313 g/mol. The third-order valence-electron chi connectivity index (χ3n) is 2.79. The molecule has 0 heterocycles. The average Bonchev–Trinajstić information content (AvgIpc) is 2.45. The minimum atomic E-state index is -4.76. The first-order valence-electron chi connectivity index (χ1n) is 5.99. The minimum absolute atomic E-state index is 0.141. The minimum Gasteiger partial charge on any atom is -0.496 e. The van der Waals surface area contributed by atoms with Gasteiger partial charge in [0.1, 0.15) is 11.5 Å². The van der Waals surface area contributed by atoms with Gasteiger partial charge in [0.15, 0.2) is 0 Å². The van der Waals surface area contributed by atoms with Crippen molar-refractivity contribution in [3.05, 3.63) is 52.6 Å². The van der Waals surface area contributed by atoms with Crippen LogP contribution in [0.4, 0.5) is 18.9 Å². The highest BCUT2D eigenvalue weighted by atomic mass is 19.4. The number of nitrogens with zero attached hydrogens (tertiary/aromatic N) is 1. The molecule has 0 N–H and O–H groups in total. The summed E-state index contributed by atoms with van der Waals surface area (Å²) in [5, 5.41) is 10.7. The summed E-state index contributed by atoms with van der Waals surface area (Å²) in [7, 11) is 1.35. The average molecular weight is 313 g/mol. The number of ether oxygens (including phenoxy) is 2. The second kappa shape index (κ2) is 5.92. The second-order valence-corrected chi connectivity index (χ2v) is 4.21. The Labute approximate surface area is 123 Å². The van der Waals surface area contributed by atoms with Gasteiger partial charge >= 0.3 is 6.36 Å². The van der Waals surface area contributed by atoms with E-state index in [1.807, 2.05) is 0 Å². The third kappa shape index (κ3) is 3.66. The van der Waals surface area contributed by atoms with Crippen molar-refractivity contribution >= 4 is 5.69 Å². The number of halogens is 3. The summed E-state index contributed by atoms with van der Waals surface area (Å²) in [6.07, 6.45) is -4.76. The van der Waals surface area contributed by atoms with Crippen molar-refractivity contribution < 1.29 is 27.6 Å². The molecular formula is C14H10F3NO4. The molecule has 0 spiro atoms. The van der Waals surface area contributed by atoms with E-state index in [0.29, 0.717) is 11.1 Å². The van der Waals surface area contributed by atoms with Crippen molar-refractivity contribution in [2.24, 2.45) is 0 Å². The SMILES string of the molecule is COc1cc([N+](=O)[O-])ccc1-c1ccc(OC(F)(F)F)cc1. The molecule has 0 saturated carbocycles. The molecule has 0 atom stereocenters. The van der Waals surface area contributed by atoms with Gasteiger partial charge in [-0.3, -0.25) is 10.1 Å². The van der Waals surface area contributed by atoms with E-state index in [1.165, 1.54) is 37.4 Å². The smallest absolute Gasteiger partial charge is 0.496 e. The number of rotatable bonds is 4. The molecule has 0 radical (unpaired) electrons. The van der Waals surface area contributed by atoms with Crippen LogP contribution >= 0.6 is 0 Å².